The minimum atomic E-state index is -0.610. The summed E-state index contributed by atoms with van der Waals surface area (Å²) in [5.74, 6) is -0.610. The summed E-state index contributed by atoms with van der Waals surface area (Å²) < 4.78 is 6.46. The molecular formula is C16H16Cl2N2O3. The maximum absolute atomic E-state index is 12.1. The van der Waals surface area contributed by atoms with Crippen LogP contribution in [0.5, 0.6) is 0 Å². The number of aryl methyl sites for hydroxylation is 1. The molecule has 0 N–H and O–H groups in total. The highest BCUT2D eigenvalue weighted by molar-refractivity contribution is 6.35. The standard InChI is InChI=1S/C16H16Cl2N2O3/c1-2-3-8-20-15(21)7-6-14(19-20)16(22)23-10-11-4-5-12(17)9-13(11)18/h4-7,9H,2-3,8,10H2,1H3. The Hall–Kier alpha value is -1.85. The molecule has 1 aromatic carbocycles. The number of carbonyl (C=O) groups excluding carboxylic acids is 1. The number of rotatable bonds is 6. The zero-order chi connectivity index (χ0) is 16.8. The second-order valence-electron chi connectivity index (χ2n) is 4.95. The molecular weight excluding hydrogens is 339 g/mol. The number of halogens is 2. The SMILES string of the molecule is CCCCn1nc(C(=O)OCc2ccc(Cl)cc2Cl)ccc1=O. The van der Waals surface area contributed by atoms with Gasteiger partial charge in [-0.2, -0.15) is 5.10 Å². The number of hydrogen-bond donors (Lipinski definition) is 0. The van der Waals surface area contributed by atoms with Gasteiger partial charge in [0.15, 0.2) is 5.69 Å². The number of aromatic nitrogens is 2. The average molecular weight is 355 g/mol. The van der Waals surface area contributed by atoms with Gasteiger partial charge in [-0.1, -0.05) is 42.6 Å². The molecule has 5 nitrogen and oxygen atoms in total. The molecule has 0 saturated heterocycles. The van der Waals surface area contributed by atoms with Crippen LogP contribution in [0.2, 0.25) is 10.0 Å². The van der Waals surface area contributed by atoms with Gasteiger partial charge in [0, 0.05) is 28.2 Å². The Morgan fingerprint density at radius 2 is 2.04 bits per heavy atom. The molecule has 0 unspecified atom stereocenters. The van der Waals surface area contributed by atoms with E-state index in [1.807, 2.05) is 6.92 Å². The summed E-state index contributed by atoms with van der Waals surface area (Å²) in [4.78, 5) is 23.7. The minimum Gasteiger partial charge on any atom is -0.456 e. The van der Waals surface area contributed by atoms with E-state index in [1.165, 1.54) is 16.8 Å². The summed E-state index contributed by atoms with van der Waals surface area (Å²) in [6.45, 7) is 2.49. The quantitative estimate of drug-likeness (QED) is 0.741. The average Bonchev–Trinajstić information content (AvgIpc) is 2.53. The number of nitrogens with zero attached hydrogens (tertiary/aromatic N) is 2. The first-order valence-corrected chi connectivity index (χ1v) is 7.96. The van der Waals surface area contributed by atoms with Gasteiger partial charge in [-0.05, 0) is 24.6 Å². The molecule has 1 heterocycles. The van der Waals surface area contributed by atoms with Gasteiger partial charge in [0.25, 0.3) is 5.56 Å². The van der Waals surface area contributed by atoms with E-state index in [9.17, 15) is 9.59 Å². The lowest BCUT2D eigenvalue weighted by atomic mass is 10.2. The molecule has 0 aliphatic rings. The molecule has 0 aliphatic carbocycles. The Morgan fingerprint density at radius 1 is 1.26 bits per heavy atom. The van der Waals surface area contributed by atoms with Crippen molar-refractivity contribution >= 4 is 29.2 Å². The second-order valence-corrected chi connectivity index (χ2v) is 5.79. The first-order chi connectivity index (χ1) is 11.0. The summed E-state index contributed by atoms with van der Waals surface area (Å²) in [6.07, 6.45) is 1.74. The number of unbranched alkanes of at least 4 members (excludes halogenated alkanes) is 1. The lowest BCUT2D eigenvalue weighted by Gasteiger charge is -2.08. The van der Waals surface area contributed by atoms with Gasteiger partial charge in [0.05, 0.1) is 0 Å². The van der Waals surface area contributed by atoms with Crippen LogP contribution in [-0.4, -0.2) is 15.7 Å². The van der Waals surface area contributed by atoms with Gasteiger partial charge in [-0.3, -0.25) is 4.79 Å². The van der Waals surface area contributed by atoms with Crippen LogP contribution in [0.1, 0.15) is 35.8 Å². The molecule has 7 heteroatoms. The normalized spacial score (nSPS) is 10.6. The maximum atomic E-state index is 12.1. The molecule has 2 aromatic rings. The summed E-state index contributed by atoms with van der Waals surface area (Å²) in [7, 11) is 0. The van der Waals surface area contributed by atoms with Crippen molar-refractivity contribution in [3.05, 3.63) is 62.0 Å². The fraction of sp³-hybridized carbons (Fsp3) is 0.312. The Bertz CT molecular complexity index is 759. The topological polar surface area (TPSA) is 61.2 Å². The summed E-state index contributed by atoms with van der Waals surface area (Å²) in [5, 5.41) is 4.97. The van der Waals surface area contributed by atoms with Crippen molar-refractivity contribution in [2.24, 2.45) is 0 Å². The molecule has 23 heavy (non-hydrogen) atoms. The fourth-order valence-electron chi connectivity index (χ4n) is 1.88. The van der Waals surface area contributed by atoms with Crippen molar-refractivity contribution in [1.29, 1.82) is 0 Å². The maximum Gasteiger partial charge on any atom is 0.359 e. The molecule has 2 rings (SSSR count). The van der Waals surface area contributed by atoms with Crippen LogP contribution in [0.25, 0.3) is 0 Å². The molecule has 0 aliphatic heterocycles. The van der Waals surface area contributed by atoms with E-state index < -0.39 is 5.97 Å². The molecule has 0 atom stereocenters. The number of benzene rings is 1. The van der Waals surface area contributed by atoms with Gasteiger partial charge in [-0.15, -0.1) is 0 Å². The molecule has 0 fully saturated rings. The largest absolute Gasteiger partial charge is 0.456 e. The summed E-state index contributed by atoms with van der Waals surface area (Å²) in [5.41, 5.74) is 0.491. The van der Waals surface area contributed by atoms with Crippen molar-refractivity contribution in [2.75, 3.05) is 0 Å². The molecule has 0 bridgehead atoms. The Kier molecular flexibility index (Phi) is 6.19. The summed E-state index contributed by atoms with van der Waals surface area (Å²) in [6, 6.07) is 7.61. The predicted octanol–water partition coefficient (Wildman–Crippen LogP) is 3.71. The third kappa shape index (κ3) is 4.81. The van der Waals surface area contributed by atoms with Crippen molar-refractivity contribution in [1.82, 2.24) is 9.78 Å². The third-order valence-electron chi connectivity index (χ3n) is 3.17. The number of hydrogen-bond acceptors (Lipinski definition) is 4. The van der Waals surface area contributed by atoms with E-state index in [4.69, 9.17) is 27.9 Å². The van der Waals surface area contributed by atoms with Gasteiger partial charge >= 0.3 is 5.97 Å². The van der Waals surface area contributed by atoms with E-state index in [1.54, 1.807) is 18.2 Å². The van der Waals surface area contributed by atoms with Crippen LogP contribution in [0, 0.1) is 0 Å². The monoisotopic (exact) mass is 354 g/mol. The van der Waals surface area contributed by atoms with Crippen LogP contribution in [0.4, 0.5) is 0 Å². The highest BCUT2D eigenvalue weighted by Gasteiger charge is 2.12. The van der Waals surface area contributed by atoms with Crippen LogP contribution in [-0.2, 0) is 17.9 Å². The lowest BCUT2D eigenvalue weighted by molar-refractivity contribution is 0.0462. The van der Waals surface area contributed by atoms with Crippen LogP contribution in [0.3, 0.4) is 0 Å². The van der Waals surface area contributed by atoms with Crippen molar-refractivity contribution in [2.45, 2.75) is 32.9 Å². The van der Waals surface area contributed by atoms with Gasteiger partial charge in [0.1, 0.15) is 6.61 Å². The number of carbonyl (C=O) groups is 1. The summed E-state index contributed by atoms with van der Waals surface area (Å²) >= 11 is 11.8. The van der Waals surface area contributed by atoms with Gasteiger partial charge < -0.3 is 4.74 Å². The van der Waals surface area contributed by atoms with E-state index >= 15 is 0 Å². The van der Waals surface area contributed by atoms with Crippen LogP contribution < -0.4 is 5.56 Å². The molecule has 0 radical (unpaired) electrons. The van der Waals surface area contributed by atoms with E-state index in [2.05, 4.69) is 5.10 Å². The van der Waals surface area contributed by atoms with Crippen molar-refractivity contribution in [3.63, 3.8) is 0 Å². The zero-order valence-corrected chi connectivity index (χ0v) is 14.1. The Balaban J connectivity index is 2.07. The Morgan fingerprint density at radius 3 is 2.74 bits per heavy atom. The van der Waals surface area contributed by atoms with Crippen molar-refractivity contribution in [3.8, 4) is 0 Å². The van der Waals surface area contributed by atoms with Gasteiger partial charge in [0.2, 0.25) is 0 Å². The number of ether oxygens (including phenoxy) is 1. The molecule has 1 aromatic heterocycles. The molecule has 122 valence electrons. The van der Waals surface area contributed by atoms with Gasteiger partial charge in [-0.25, -0.2) is 9.48 Å². The minimum absolute atomic E-state index is 0.00457. The highest BCUT2D eigenvalue weighted by Crippen LogP contribution is 2.21. The molecule has 0 spiro atoms. The second kappa shape index (κ2) is 8.13. The Labute approximate surface area is 143 Å². The van der Waals surface area contributed by atoms with E-state index in [0.29, 0.717) is 22.2 Å². The first kappa shape index (κ1) is 17.5. The lowest BCUT2D eigenvalue weighted by Crippen LogP contribution is -2.25. The predicted molar refractivity (Wildman–Crippen MR) is 89.0 cm³/mol. The highest BCUT2D eigenvalue weighted by atomic mass is 35.5. The molecule has 0 saturated carbocycles. The van der Waals surface area contributed by atoms with Crippen molar-refractivity contribution < 1.29 is 9.53 Å². The molecule has 0 amide bonds. The van der Waals surface area contributed by atoms with E-state index in [-0.39, 0.29) is 17.9 Å². The first-order valence-electron chi connectivity index (χ1n) is 7.20. The van der Waals surface area contributed by atoms with Crippen LogP contribution >= 0.6 is 23.2 Å². The fourth-order valence-corrected chi connectivity index (χ4v) is 2.34. The smallest absolute Gasteiger partial charge is 0.359 e. The zero-order valence-electron chi connectivity index (χ0n) is 12.6. The van der Waals surface area contributed by atoms with E-state index in [0.717, 1.165) is 12.8 Å². The van der Waals surface area contributed by atoms with Crippen LogP contribution in [0.15, 0.2) is 35.1 Å². The third-order valence-corrected chi connectivity index (χ3v) is 3.76. The number of esters is 1.